The SMILES string of the molecule is N#Cc1cc(N)ccc1Nc1ccc(Br)cc1Br. The normalized spacial score (nSPS) is 9.83. The molecule has 0 spiro atoms. The Morgan fingerprint density at radius 3 is 2.44 bits per heavy atom. The molecule has 0 atom stereocenters. The number of benzene rings is 2. The summed E-state index contributed by atoms with van der Waals surface area (Å²) < 4.78 is 1.90. The summed E-state index contributed by atoms with van der Waals surface area (Å²) in [5.41, 5.74) is 8.37. The lowest BCUT2D eigenvalue weighted by Gasteiger charge is -2.10. The van der Waals surface area contributed by atoms with Crippen molar-refractivity contribution in [3.05, 3.63) is 50.9 Å². The molecule has 0 aliphatic carbocycles. The molecular formula is C13H9Br2N3. The van der Waals surface area contributed by atoms with Gasteiger partial charge in [-0.3, -0.25) is 0 Å². The third-order valence-corrected chi connectivity index (χ3v) is 3.51. The summed E-state index contributed by atoms with van der Waals surface area (Å²) in [5.74, 6) is 0. The smallest absolute Gasteiger partial charge is 0.101 e. The lowest BCUT2D eigenvalue weighted by Crippen LogP contribution is -1.96. The van der Waals surface area contributed by atoms with E-state index >= 15 is 0 Å². The van der Waals surface area contributed by atoms with Gasteiger partial charge in [-0.2, -0.15) is 5.26 Å². The number of nitrogens with two attached hydrogens (primary N) is 1. The molecule has 0 fully saturated rings. The lowest BCUT2D eigenvalue weighted by molar-refractivity contribution is 1.45. The Morgan fingerprint density at radius 2 is 1.78 bits per heavy atom. The second-order valence-corrected chi connectivity index (χ2v) is 5.44. The molecule has 0 radical (unpaired) electrons. The fourth-order valence-corrected chi connectivity index (χ4v) is 2.65. The van der Waals surface area contributed by atoms with Gasteiger partial charge in [-0.1, -0.05) is 15.9 Å². The van der Waals surface area contributed by atoms with Gasteiger partial charge < -0.3 is 11.1 Å². The minimum atomic E-state index is 0.518. The average molecular weight is 367 g/mol. The van der Waals surface area contributed by atoms with Crippen molar-refractivity contribution in [3.63, 3.8) is 0 Å². The van der Waals surface area contributed by atoms with Crippen LogP contribution in [0.15, 0.2) is 45.3 Å². The summed E-state index contributed by atoms with van der Waals surface area (Å²) in [6, 6.07) is 13.1. The highest BCUT2D eigenvalue weighted by molar-refractivity contribution is 9.11. The molecule has 2 aromatic rings. The van der Waals surface area contributed by atoms with Crippen LogP contribution in [0.5, 0.6) is 0 Å². The third kappa shape index (κ3) is 2.84. The average Bonchev–Trinajstić information content (AvgIpc) is 2.34. The molecule has 0 aliphatic heterocycles. The van der Waals surface area contributed by atoms with Crippen LogP contribution in [0, 0.1) is 11.3 Å². The number of hydrogen-bond donors (Lipinski definition) is 2. The largest absolute Gasteiger partial charge is 0.399 e. The summed E-state index contributed by atoms with van der Waals surface area (Å²) in [4.78, 5) is 0. The van der Waals surface area contributed by atoms with Gasteiger partial charge in [0.05, 0.1) is 16.9 Å². The highest BCUT2D eigenvalue weighted by Gasteiger charge is 2.05. The van der Waals surface area contributed by atoms with E-state index in [0.717, 1.165) is 20.3 Å². The van der Waals surface area contributed by atoms with Gasteiger partial charge in [0.2, 0.25) is 0 Å². The molecule has 0 amide bonds. The highest BCUT2D eigenvalue weighted by atomic mass is 79.9. The Labute approximate surface area is 122 Å². The van der Waals surface area contributed by atoms with Crippen LogP contribution in [0.3, 0.4) is 0 Å². The van der Waals surface area contributed by atoms with Gasteiger partial charge >= 0.3 is 0 Å². The molecule has 0 aliphatic rings. The zero-order valence-electron chi connectivity index (χ0n) is 9.24. The molecule has 0 bridgehead atoms. The number of nitrogen functional groups attached to an aromatic ring is 1. The number of anilines is 3. The molecule has 0 unspecified atom stereocenters. The second kappa shape index (κ2) is 5.42. The maximum Gasteiger partial charge on any atom is 0.101 e. The van der Waals surface area contributed by atoms with Crippen molar-refractivity contribution in [2.45, 2.75) is 0 Å². The fourth-order valence-electron chi connectivity index (χ4n) is 1.50. The quantitative estimate of drug-likeness (QED) is 0.774. The van der Waals surface area contributed by atoms with Gasteiger partial charge in [-0.25, -0.2) is 0 Å². The molecule has 0 heterocycles. The maximum absolute atomic E-state index is 9.07. The van der Waals surface area contributed by atoms with Crippen molar-refractivity contribution in [1.29, 1.82) is 5.26 Å². The molecule has 3 nitrogen and oxygen atoms in total. The molecule has 3 N–H and O–H groups in total. The minimum Gasteiger partial charge on any atom is -0.399 e. The number of nitrogens with zero attached hydrogens (tertiary/aromatic N) is 1. The van der Waals surface area contributed by atoms with E-state index in [4.69, 9.17) is 11.0 Å². The van der Waals surface area contributed by atoms with Crippen LogP contribution in [0.25, 0.3) is 0 Å². The van der Waals surface area contributed by atoms with E-state index < -0.39 is 0 Å². The fraction of sp³-hybridized carbons (Fsp3) is 0. The number of nitrogens with one attached hydrogen (secondary N) is 1. The van der Waals surface area contributed by atoms with Crippen molar-refractivity contribution >= 4 is 48.9 Å². The molecule has 18 heavy (non-hydrogen) atoms. The van der Waals surface area contributed by atoms with Crippen LogP contribution >= 0.6 is 31.9 Å². The minimum absolute atomic E-state index is 0.518. The summed E-state index contributed by atoms with van der Waals surface area (Å²) in [5, 5.41) is 12.3. The van der Waals surface area contributed by atoms with Crippen molar-refractivity contribution < 1.29 is 0 Å². The predicted octanol–water partition coefficient (Wildman–Crippen LogP) is 4.41. The highest BCUT2D eigenvalue weighted by Crippen LogP contribution is 2.30. The van der Waals surface area contributed by atoms with Gasteiger partial charge in [0.25, 0.3) is 0 Å². The molecule has 0 saturated heterocycles. The van der Waals surface area contributed by atoms with Gasteiger partial charge in [0.15, 0.2) is 0 Å². The summed E-state index contributed by atoms with van der Waals surface area (Å²) in [6.07, 6.45) is 0. The summed E-state index contributed by atoms with van der Waals surface area (Å²) in [7, 11) is 0. The van der Waals surface area contributed by atoms with Crippen LogP contribution in [0.2, 0.25) is 0 Å². The van der Waals surface area contributed by atoms with E-state index in [1.54, 1.807) is 18.2 Å². The third-order valence-electron chi connectivity index (χ3n) is 2.36. The summed E-state index contributed by atoms with van der Waals surface area (Å²) in [6.45, 7) is 0. The zero-order chi connectivity index (χ0) is 13.1. The van der Waals surface area contributed by atoms with Gasteiger partial charge in [0.1, 0.15) is 6.07 Å². The monoisotopic (exact) mass is 365 g/mol. The van der Waals surface area contributed by atoms with Gasteiger partial charge in [-0.15, -0.1) is 0 Å². The van der Waals surface area contributed by atoms with Crippen LogP contribution in [0.1, 0.15) is 5.56 Å². The van der Waals surface area contributed by atoms with Crippen LogP contribution in [-0.2, 0) is 0 Å². The van der Waals surface area contributed by atoms with E-state index in [9.17, 15) is 0 Å². The second-order valence-electron chi connectivity index (χ2n) is 3.67. The Kier molecular flexibility index (Phi) is 3.90. The number of hydrogen-bond acceptors (Lipinski definition) is 3. The molecule has 2 aromatic carbocycles. The molecule has 5 heteroatoms. The standard InChI is InChI=1S/C13H9Br2N3/c14-9-1-3-13(11(15)6-9)18-12-4-2-10(17)5-8(12)7-16/h1-6,18H,17H2. The van der Waals surface area contributed by atoms with Gasteiger partial charge in [-0.05, 0) is 52.3 Å². The first-order chi connectivity index (χ1) is 8.60. The first-order valence-electron chi connectivity index (χ1n) is 5.12. The molecule has 0 saturated carbocycles. The van der Waals surface area contributed by atoms with Crippen LogP contribution < -0.4 is 11.1 Å². The molecule has 0 aromatic heterocycles. The maximum atomic E-state index is 9.07. The predicted molar refractivity (Wildman–Crippen MR) is 80.7 cm³/mol. The Bertz CT molecular complexity index is 633. The van der Waals surface area contributed by atoms with E-state index in [1.165, 1.54) is 0 Å². The number of nitriles is 1. The van der Waals surface area contributed by atoms with Crippen molar-refractivity contribution in [1.82, 2.24) is 0 Å². The van der Waals surface area contributed by atoms with E-state index in [1.807, 2.05) is 18.2 Å². The van der Waals surface area contributed by atoms with Crippen LogP contribution in [-0.4, -0.2) is 0 Å². The van der Waals surface area contributed by atoms with Crippen molar-refractivity contribution in [3.8, 4) is 6.07 Å². The Hall–Kier alpha value is -1.51. The molecular weight excluding hydrogens is 358 g/mol. The summed E-state index contributed by atoms with van der Waals surface area (Å²) >= 11 is 6.86. The van der Waals surface area contributed by atoms with Crippen molar-refractivity contribution in [2.75, 3.05) is 11.1 Å². The first kappa shape index (κ1) is 12.9. The van der Waals surface area contributed by atoms with E-state index in [0.29, 0.717) is 11.3 Å². The van der Waals surface area contributed by atoms with E-state index in [-0.39, 0.29) is 0 Å². The number of rotatable bonds is 2. The van der Waals surface area contributed by atoms with Gasteiger partial charge in [0, 0.05) is 14.6 Å². The molecule has 90 valence electrons. The first-order valence-corrected chi connectivity index (χ1v) is 6.70. The number of halogens is 2. The van der Waals surface area contributed by atoms with E-state index in [2.05, 4.69) is 43.2 Å². The Morgan fingerprint density at radius 1 is 1.06 bits per heavy atom. The topological polar surface area (TPSA) is 61.8 Å². The van der Waals surface area contributed by atoms with Crippen molar-refractivity contribution in [2.24, 2.45) is 0 Å². The molecule has 2 rings (SSSR count). The van der Waals surface area contributed by atoms with Crippen LogP contribution in [0.4, 0.5) is 17.1 Å². The lowest BCUT2D eigenvalue weighted by atomic mass is 10.1. The Balaban J connectivity index is 2.37. The zero-order valence-corrected chi connectivity index (χ0v) is 12.4.